The Bertz CT molecular complexity index is 679. The van der Waals surface area contributed by atoms with Gasteiger partial charge < -0.3 is 14.3 Å². The van der Waals surface area contributed by atoms with Gasteiger partial charge in [0, 0.05) is 24.3 Å². The van der Waals surface area contributed by atoms with Crippen LogP contribution in [0.3, 0.4) is 0 Å². The Labute approximate surface area is 128 Å². The molecule has 6 heteroatoms. The van der Waals surface area contributed by atoms with Crippen LogP contribution in [0.4, 0.5) is 5.69 Å². The van der Waals surface area contributed by atoms with Crippen LogP contribution in [0.25, 0.3) is 0 Å². The number of benzene rings is 1. The standard InChI is InChI=1S/C16H17N3O3/c1-11-3-5-13(6-4-11)19-9-12(2)18(10-15(19)20)16(21)14-7-8-22-17-14/h3-8,12H,9-10H2,1-2H3/t12-/m1/s1. The van der Waals surface area contributed by atoms with Crippen LogP contribution in [0.2, 0.25) is 0 Å². The van der Waals surface area contributed by atoms with E-state index in [2.05, 4.69) is 5.16 Å². The molecule has 2 heterocycles. The fourth-order valence-corrected chi connectivity index (χ4v) is 2.57. The van der Waals surface area contributed by atoms with Crippen molar-refractivity contribution in [1.29, 1.82) is 0 Å². The molecular weight excluding hydrogens is 282 g/mol. The molecule has 114 valence electrons. The number of carbonyl (C=O) groups excluding carboxylic acids is 2. The Balaban J connectivity index is 1.78. The van der Waals surface area contributed by atoms with E-state index in [4.69, 9.17) is 4.52 Å². The first-order valence-corrected chi connectivity index (χ1v) is 7.14. The zero-order valence-corrected chi connectivity index (χ0v) is 12.5. The third kappa shape index (κ3) is 2.59. The molecule has 0 spiro atoms. The number of hydrogen-bond acceptors (Lipinski definition) is 4. The van der Waals surface area contributed by atoms with Gasteiger partial charge in [-0.25, -0.2) is 0 Å². The minimum absolute atomic E-state index is 0.0424. The lowest BCUT2D eigenvalue weighted by molar-refractivity contribution is -0.121. The quantitative estimate of drug-likeness (QED) is 0.849. The minimum Gasteiger partial charge on any atom is -0.364 e. The van der Waals surface area contributed by atoms with Gasteiger partial charge in [-0.05, 0) is 26.0 Å². The normalized spacial score (nSPS) is 18.6. The maximum atomic E-state index is 12.4. The molecule has 1 fully saturated rings. The molecule has 2 amide bonds. The molecular formula is C16H17N3O3. The SMILES string of the molecule is Cc1ccc(N2C[C@@H](C)N(C(=O)c3ccon3)CC2=O)cc1. The van der Waals surface area contributed by atoms with E-state index in [1.807, 2.05) is 38.1 Å². The van der Waals surface area contributed by atoms with Gasteiger partial charge in [0.25, 0.3) is 5.91 Å². The summed E-state index contributed by atoms with van der Waals surface area (Å²) in [6.45, 7) is 4.43. The highest BCUT2D eigenvalue weighted by Gasteiger charge is 2.34. The van der Waals surface area contributed by atoms with Gasteiger partial charge in [-0.1, -0.05) is 22.9 Å². The summed E-state index contributed by atoms with van der Waals surface area (Å²) < 4.78 is 4.70. The van der Waals surface area contributed by atoms with Gasteiger partial charge in [-0.3, -0.25) is 9.59 Å². The monoisotopic (exact) mass is 299 g/mol. The van der Waals surface area contributed by atoms with Crippen LogP contribution in [-0.4, -0.2) is 41.0 Å². The maximum absolute atomic E-state index is 12.4. The summed E-state index contributed by atoms with van der Waals surface area (Å²) in [5, 5.41) is 3.65. The highest BCUT2D eigenvalue weighted by Crippen LogP contribution is 2.21. The average molecular weight is 299 g/mol. The first-order chi connectivity index (χ1) is 10.6. The fourth-order valence-electron chi connectivity index (χ4n) is 2.57. The molecule has 1 aliphatic heterocycles. The maximum Gasteiger partial charge on any atom is 0.276 e. The third-order valence-corrected chi connectivity index (χ3v) is 3.85. The van der Waals surface area contributed by atoms with Gasteiger partial charge in [0.15, 0.2) is 5.69 Å². The van der Waals surface area contributed by atoms with Crippen molar-refractivity contribution in [3.63, 3.8) is 0 Å². The largest absolute Gasteiger partial charge is 0.364 e. The van der Waals surface area contributed by atoms with Crippen molar-refractivity contribution in [3.8, 4) is 0 Å². The molecule has 1 aromatic carbocycles. The van der Waals surface area contributed by atoms with Gasteiger partial charge in [0.05, 0.1) is 0 Å². The van der Waals surface area contributed by atoms with E-state index in [1.165, 1.54) is 17.2 Å². The third-order valence-electron chi connectivity index (χ3n) is 3.85. The van der Waals surface area contributed by atoms with Crippen molar-refractivity contribution < 1.29 is 14.1 Å². The zero-order chi connectivity index (χ0) is 15.7. The number of rotatable bonds is 2. The highest BCUT2D eigenvalue weighted by molar-refractivity contribution is 6.01. The summed E-state index contributed by atoms with van der Waals surface area (Å²) in [6, 6.07) is 9.21. The minimum atomic E-state index is -0.279. The van der Waals surface area contributed by atoms with E-state index >= 15 is 0 Å². The van der Waals surface area contributed by atoms with Crippen molar-refractivity contribution >= 4 is 17.5 Å². The van der Waals surface area contributed by atoms with Crippen LogP contribution < -0.4 is 4.90 Å². The molecule has 6 nitrogen and oxygen atoms in total. The number of carbonyl (C=O) groups is 2. The van der Waals surface area contributed by atoms with E-state index in [1.54, 1.807) is 4.90 Å². The molecule has 3 rings (SSSR count). The van der Waals surface area contributed by atoms with Crippen molar-refractivity contribution in [2.24, 2.45) is 0 Å². The first-order valence-electron chi connectivity index (χ1n) is 7.14. The molecule has 0 aliphatic carbocycles. The molecule has 1 atom stereocenters. The van der Waals surface area contributed by atoms with Gasteiger partial charge >= 0.3 is 0 Å². The Morgan fingerprint density at radius 3 is 2.64 bits per heavy atom. The van der Waals surface area contributed by atoms with Crippen molar-refractivity contribution in [2.45, 2.75) is 19.9 Å². The summed E-state index contributed by atoms with van der Waals surface area (Å²) in [4.78, 5) is 28.0. The van der Waals surface area contributed by atoms with Crippen LogP contribution in [0.5, 0.6) is 0 Å². The Kier molecular flexibility index (Phi) is 3.66. The lowest BCUT2D eigenvalue weighted by Crippen LogP contribution is -2.57. The average Bonchev–Trinajstić information content (AvgIpc) is 3.04. The number of hydrogen-bond donors (Lipinski definition) is 0. The second kappa shape index (κ2) is 5.63. The lowest BCUT2D eigenvalue weighted by Gasteiger charge is -2.39. The van der Waals surface area contributed by atoms with Crippen LogP contribution >= 0.6 is 0 Å². The molecule has 0 saturated carbocycles. The summed E-state index contributed by atoms with van der Waals surface area (Å²) in [5.41, 5.74) is 2.23. The Morgan fingerprint density at radius 1 is 1.27 bits per heavy atom. The molecule has 0 unspecified atom stereocenters. The Morgan fingerprint density at radius 2 is 2.00 bits per heavy atom. The number of amides is 2. The van der Waals surface area contributed by atoms with Crippen LogP contribution in [-0.2, 0) is 4.79 Å². The van der Waals surface area contributed by atoms with Crippen LogP contribution in [0, 0.1) is 6.92 Å². The second-order valence-electron chi connectivity index (χ2n) is 5.51. The van der Waals surface area contributed by atoms with Crippen molar-refractivity contribution in [2.75, 3.05) is 18.0 Å². The molecule has 0 radical (unpaired) electrons. The number of aromatic nitrogens is 1. The summed E-state index contributed by atoms with van der Waals surface area (Å²) >= 11 is 0. The van der Waals surface area contributed by atoms with E-state index in [0.717, 1.165) is 11.3 Å². The molecule has 1 saturated heterocycles. The smallest absolute Gasteiger partial charge is 0.276 e. The molecule has 22 heavy (non-hydrogen) atoms. The van der Waals surface area contributed by atoms with Crippen LogP contribution in [0.1, 0.15) is 23.0 Å². The molecule has 0 bridgehead atoms. The van der Waals surface area contributed by atoms with Gasteiger partial charge in [0.1, 0.15) is 12.8 Å². The molecule has 0 N–H and O–H groups in total. The fraction of sp³-hybridized carbons (Fsp3) is 0.312. The van der Waals surface area contributed by atoms with Gasteiger partial charge in [-0.2, -0.15) is 0 Å². The Hall–Kier alpha value is -2.63. The predicted octanol–water partition coefficient (Wildman–Crippen LogP) is 1.86. The van der Waals surface area contributed by atoms with Gasteiger partial charge in [0.2, 0.25) is 5.91 Å². The number of aryl methyl sites for hydroxylation is 1. The van der Waals surface area contributed by atoms with Crippen molar-refractivity contribution in [1.82, 2.24) is 10.1 Å². The lowest BCUT2D eigenvalue weighted by atomic mass is 10.1. The zero-order valence-electron chi connectivity index (χ0n) is 12.5. The number of piperazine rings is 1. The first kappa shape index (κ1) is 14.3. The van der Waals surface area contributed by atoms with Gasteiger partial charge in [-0.15, -0.1) is 0 Å². The second-order valence-corrected chi connectivity index (χ2v) is 5.51. The molecule has 1 aliphatic rings. The van der Waals surface area contributed by atoms with E-state index in [-0.39, 0.29) is 30.1 Å². The summed E-state index contributed by atoms with van der Waals surface area (Å²) in [7, 11) is 0. The highest BCUT2D eigenvalue weighted by atomic mass is 16.5. The van der Waals surface area contributed by atoms with E-state index in [0.29, 0.717) is 6.54 Å². The summed E-state index contributed by atoms with van der Waals surface area (Å²) in [5.74, 6) is -0.378. The molecule has 2 aromatic rings. The molecule has 1 aromatic heterocycles. The van der Waals surface area contributed by atoms with E-state index < -0.39 is 0 Å². The number of anilines is 1. The van der Waals surface area contributed by atoms with Crippen LogP contribution in [0.15, 0.2) is 41.1 Å². The van der Waals surface area contributed by atoms with Crippen molar-refractivity contribution in [3.05, 3.63) is 47.9 Å². The van der Waals surface area contributed by atoms with E-state index in [9.17, 15) is 9.59 Å². The predicted molar refractivity (Wildman–Crippen MR) is 80.5 cm³/mol. The topological polar surface area (TPSA) is 66.7 Å². The number of nitrogens with zero attached hydrogens (tertiary/aromatic N) is 3. The summed E-state index contributed by atoms with van der Waals surface area (Å²) in [6.07, 6.45) is 1.35.